The smallest absolute Gasteiger partial charge is 0.287 e. The lowest BCUT2D eigenvalue weighted by atomic mass is 10.6. The molecule has 0 radical (unpaired) electrons. The SMILES string of the molecule is C=CCOCC=CS(=O)(=O)O. The van der Waals surface area contributed by atoms with E-state index in [0.29, 0.717) is 12.0 Å². The second kappa shape index (κ2) is 5.06. The van der Waals surface area contributed by atoms with Crippen LogP contribution in [0.3, 0.4) is 0 Å². The van der Waals surface area contributed by atoms with Crippen LogP contribution in [-0.2, 0) is 14.9 Å². The van der Waals surface area contributed by atoms with Gasteiger partial charge in [0.15, 0.2) is 0 Å². The first kappa shape index (κ1) is 10.3. The summed E-state index contributed by atoms with van der Waals surface area (Å²) in [5, 5.41) is 0.677. The Labute approximate surface area is 65.9 Å². The Hall–Kier alpha value is -0.650. The van der Waals surface area contributed by atoms with Crippen LogP contribution in [0.2, 0.25) is 0 Å². The molecule has 64 valence electrons. The minimum absolute atomic E-state index is 0.145. The summed E-state index contributed by atoms with van der Waals surface area (Å²) >= 11 is 0. The Morgan fingerprint density at radius 1 is 1.45 bits per heavy atom. The van der Waals surface area contributed by atoms with Gasteiger partial charge in [-0.2, -0.15) is 8.42 Å². The molecule has 0 aliphatic rings. The van der Waals surface area contributed by atoms with Crippen molar-refractivity contribution >= 4 is 10.1 Å². The molecule has 0 aromatic carbocycles. The van der Waals surface area contributed by atoms with Crippen LogP contribution in [0.5, 0.6) is 0 Å². The van der Waals surface area contributed by atoms with Gasteiger partial charge in [-0.05, 0) is 6.08 Å². The number of ether oxygens (including phenoxy) is 1. The average Bonchev–Trinajstić information content (AvgIpc) is 1.85. The van der Waals surface area contributed by atoms with Crippen molar-refractivity contribution in [3.63, 3.8) is 0 Å². The quantitative estimate of drug-likeness (QED) is 0.380. The van der Waals surface area contributed by atoms with Gasteiger partial charge in [-0.1, -0.05) is 6.08 Å². The molecule has 0 aromatic heterocycles. The number of hydrogen-bond acceptors (Lipinski definition) is 3. The molecule has 0 aliphatic carbocycles. The summed E-state index contributed by atoms with van der Waals surface area (Å²) in [6, 6.07) is 0. The second-order valence-electron chi connectivity index (χ2n) is 1.71. The van der Waals surface area contributed by atoms with E-state index in [-0.39, 0.29) is 6.61 Å². The topological polar surface area (TPSA) is 63.6 Å². The summed E-state index contributed by atoms with van der Waals surface area (Å²) in [5.41, 5.74) is 0. The average molecular weight is 178 g/mol. The molecule has 0 fully saturated rings. The van der Waals surface area contributed by atoms with Crippen molar-refractivity contribution in [3.8, 4) is 0 Å². The fourth-order valence-corrected chi connectivity index (χ4v) is 0.702. The zero-order valence-electron chi connectivity index (χ0n) is 5.93. The molecule has 11 heavy (non-hydrogen) atoms. The van der Waals surface area contributed by atoms with Gasteiger partial charge in [-0.3, -0.25) is 4.55 Å². The van der Waals surface area contributed by atoms with Crippen LogP contribution in [0.1, 0.15) is 0 Å². The highest BCUT2D eigenvalue weighted by Gasteiger charge is 1.92. The third-order valence-electron chi connectivity index (χ3n) is 0.718. The van der Waals surface area contributed by atoms with Crippen molar-refractivity contribution in [2.24, 2.45) is 0 Å². The fourth-order valence-electron chi connectivity index (χ4n) is 0.380. The lowest BCUT2D eigenvalue weighted by molar-refractivity contribution is 0.194. The largest absolute Gasteiger partial charge is 0.373 e. The highest BCUT2D eigenvalue weighted by atomic mass is 32.2. The van der Waals surface area contributed by atoms with E-state index in [1.807, 2.05) is 0 Å². The van der Waals surface area contributed by atoms with Gasteiger partial charge in [0.2, 0.25) is 0 Å². The highest BCUT2D eigenvalue weighted by molar-refractivity contribution is 7.88. The maximum absolute atomic E-state index is 10.1. The van der Waals surface area contributed by atoms with Crippen molar-refractivity contribution in [1.29, 1.82) is 0 Å². The molecule has 0 rings (SSSR count). The van der Waals surface area contributed by atoms with Crippen LogP contribution in [0.15, 0.2) is 24.1 Å². The highest BCUT2D eigenvalue weighted by Crippen LogP contribution is 1.85. The predicted octanol–water partition coefficient (Wildman–Crippen LogP) is 0.591. The van der Waals surface area contributed by atoms with Gasteiger partial charge in [0, 0.05) is 0 Å². The Kier molecular flexibility index (Phi) is 4.76. The molecule has 1 N–H and O–H groups in total. The Balaban J connectivity index is 3.54. The van der Waals surface area contributed by atoms with Gasteiger partial charge in [-0.25, -0.2) is 0 Å². The van der Waals surface area contributed by atoms with E-state index >= 15 is 0 Å². The van der Waals surface area contributed by atoms with Crippen LogP contribution in [-0.4, -0.2) is 26.2 Å². The van der Waals surface area contributed by atoms with Crippen LogP contribution in [0.25, 0.3) is 0 Å². The summed E-state index contributed by atoms with van der Waals surface area (Å²) < 4.78 is 33.1. The van der Waals surface area contributed by atoms with Gasteiger partial charge < -0.3 is 4.74 Å². The van der Waals surface area contributed by atoms with E-state index in [4.69, 9.17) is 9.29 Å². The van der Waals surface area contributed by atoms with Gasteiger partial charge in [0.05, 0.1) is 18.6 Å². The zero-order chi connectivity index (χ0) is 8.74. The third-order valence-corrected chi connectivity index (χ3v) is 1.25. The Morgan fingerprint density at radius 3 is 2.55 bits per heavy atom. The van der Waals surface area contributed by atoms with Gasteiger partial charge in [0.1, 0.15) is 0 Å². The molecule has 0 bridgehead atoms. The van der Waals surface area contributed by atoms with Crippen molar-refractivity contribution in [3.05, 3.63) is 24.1 Å². The van der Waals surface area contributed by atoms with Crippen LogP contribution < -0.4 is 0 Å². The van der Waals surface area contributed by atoms with Crippen LogP contribution in [0.4, 0.5) is 0 Å². The summed E-state index contributed by atoms with van der Waals surface area (Å²) in [6.45, 7) is 3.89. The molecular weight excluding hydrogens is 168 g/mol. The monoisotopic (exact) mass is 178 g/mol. The maximum atomic E-state index is 10.1. The van der Waals surface area contributed by atoms with E-state index in [2.05, 4.69) is 6.58 Å². The van der Waals surface area contributed by atoms with Crippen molar-refractivity contribution in [1.82, 2.24) is 0 Å². The molecule has 0 atom stereocenters. The Bertz CT molecular complexity index is 227. The summed E-state index contributed by atoms with van der Waals surface area (Å²) in [5.74, 6) is 0. The molecule has 0 amide bonds. The van der Waals surface area contributed by atoms with E-state index in [9.17, 15) is 8.42 Å². The third kappa shape index (κ3) is 9.35. The number of rotatable bonds is 5. The van der Waals surface area contributed by atoms with Crippen LogP contribution >= 0.6 is 0 Å². The molecule has 0 heterocycles. The van der Waals surface area contributed by atoms with Gasteiger partial charge >= 0.3 is 0 Å². The lowest BCUT2D eigenvalue weighted by Gasteiger charge is -1.92. The molecule has 5 heteroatoms. The summed E-state index contributed by atoms with van der Waals surface area (Å²) in [7, 11) is -4.00. The first-order valence-corrected chi connectivity index (χ1v) is 4.39. The summed E-state index contributed by atoms with van der Waals surface area (Å²) in [4.78, 5) is 0. The van der Waals surface area contributed by atoms with Crippen molar-refractivity contribution in [2.75, 3.05) is 13.2 Å². The minimum Gasteiger partial charge on any atom is -0.373 e. The lowest BCUT2D eigenvalue weighted by Crippen LogP contribution is -1.93. The Morgan fingerprint density at radius 2 is 2.09 bits per heavy atom. The van der Waals surface area contributed by atoms with Crippen molar-refractivity contribution < 1.29 is 17.7 Å². The second-order valence-corrected chi connectivity index (χ2v) is 3.01. The predicted molar refractivity (Wildman–Crippen MR) is 41.7 cm³/mol. The standard InChI is InChI=1S/C6H10O4S/c1-2-4-10-5-3-6-11(7,8)9/h2-3,6H,1,4-5H2,(H,7,8,9). The number of hydrogen-bond donors (Lipinski definition) is 1. The molecule has 0 aliphatic heterocycles. The maximum Gasteiger partial charge on any atom is 0.287 e. The fraction of sp³-hybridized carbons (Fsp3) is 0.333. The van der Waals surface area contributed by atoms with Crippen LogP contribution in [0, 0.1) is 0 Å². The zero-order valence-corrected chi connectivity index (χ0v) is 6.75. The molecule has 0 saturated carbocycles. The molecule has 0 spiro atoms. The van der Waals surface area contributed by atoms with E-state index in [0.717, 1.165) is 0 Å². The van der Waals surface area contributed by atoms with Gasteiger partial charge in [0.25, 0.3) is 10.1 Å². The van der Waals surface area contributed by atoms with Gasteiger partial charge in [-0.15, -0.1) is 6.58 Å². The summed E-state index contributed by atoms with van der Waals surface area (Å²) in [6.07, 6.45) is 2.75. The minimum atomic E-state index is -4.00. The molecule has 0 saturated heterocycles. The molecular formula is C6H10O4S. The first-order valence-electron chi connectivity index (χ1n) is 2.89. The van der Waals surface area contributed by atoms with E-state index in [1.54, 1.807) is 6.08 Å². The normalized spacial score (nSPS) is 12.1. The van der Waals surface area contributed by atoms with E-state index < -0.39 is 10.1 Å². The molecule has 0 aromatic rings. The molecule has 4 nitrogen and oxygen atoms in total. The molecule has 0 unspecified atom stereocenters. The van der Waals surface area contributed by atoms with Crippen molar-refractivity contribution in [2.45, 2.75) is 0 Å². The van der Waals surface area contributed by atoms with E-state index in [1.165, 1.54) is 6.08 Å². The first-order chi connectivity index (χ1) is 5.06.